The predicted molar refractivity (Wildman–Crippen MR) is 119 cm³/mol. The second-order valence-electron chi connectivity index (χ2n) is 9.51. The van der Waals surface area contributed by atoms with E-state index in [0.29, 0.717) is 12.8 Å². The lowest BCUT2D eigenvalue weighted by atomic mass is 10.0. The number of aliphatic hydroxyl groups is 1. The van der Waals surface area contributed by atoms with Gasteiger partial charge in [-0.15, -0.1) is 0 Å². The quantitative estimate of drug-likeness (QED) is 0.480. The van der Waals surface area contributed by atoms with Crippen LogP contribution in [-0.4, -0.2) is 39.9 Å². The molecule has 1 heterocycles. The maximum Gasteiger partial charge on any atom is 0.410 e. The molecule has 1 fully saturated rings. The molecule has 0 aliphatic carbocycles. The van der Waals surface area contributed by atoms with E-state index in [2.05, 4.69) is 19.1 Å². The van der Waals surface area contributed by atoms with Crippen LogP contribution in [0.25, 0.3) is 0 Å². The molecular formula is C25H41NO3. The highest BCUT2D eigenvalue weighted by atomic mass is 16.6. The van der Waals surface area contributed by atoms with Crippen molar-refractivity contribution in [2.45, 2.75) is 116 Å². The molecule has 0 aromatic heterocycles. The molecule has 1 aliphatic rings. The van der Waals surface area contributed by atoms with Gasteiger partial charge in [0.1, 0.15) is 5.60 Å². The van der Waals surface area contributed by atoms with E-state index in [9.17, 15) is 9.90 Å². The Balaban J connectivity index is 1.99. The van der Waals surface area contributed by atoms with E-state index in [1.807, 2.05) is 43.9 Å². The predicted octanol–water partition coefficient (Wildman–Crippen LogP) is 6.11. The summed E-state index contributed by atoms with van der Waals surface area (Å²) < 4.78 is 5.72. The number of aliphatic hydroxyl groups excluding tert-OH is 1. The maximum absolute atomic E-state index is 13.0. The summed E-state index contributed by atoms with van der Waals surface area (Å²) >= 11 is 0. The lowest BCUT2D eigenvalue weighted by Gasteiger charge is -2.33. The molecule has 3 atom stereocenters. The lowest BCUT2D eigenvalue weighted by molar-refractivity contribution is 0.00798. The smallest absolute Gasteiger partial charge is 0.410 e. The molecular weight excluding hydrogens is 362 g/mol. The van der Waals surface area contributed by atoms with E-state index < -0.39 is 11.7 Å². The number of carbonyl (C=O) groups is 1. The number of carbonyl (C=O) groups excluding carboxylic acids is 1. The zero-order chi connectivity index (χ0) is 21.3. The Bertz CT molecular complexity index is 596. The number of ether oxygens (including phenoxy) is 1. The molecule has 0 bridgehead atoms. The summed E-state index contributed by atoms with van der Waals surface area (Å²) in [6, 6.07) is 9.96. The largest absolute Gasteiger partial charge is 0.444 e. The summed E-state index contributed by atoms with van der Waals surface area (Å²) in [7, 11) is 0. The Morgan fingerprint density at radius 2 is 1.69 bits per heavy atom. The van der Waals surface area contributed by atoms with Crippen LogP contribution in [0.4, 0.5) is 4.79 Å². The fourth-order valence-electron chi connectivity index (χ4n) is 4.29. The van der Waals surface area contributed by atoms with Gasteiger partial charge < -0.3 is 9.84 Å². The Morgan fingerprint density at radius 3 is 2.31 bits per heavy atom. The molecule has 1 saturated heterocycles. The Labute approximate surface area is 177 Å². The third kappa shape index (κ3) is 8.00. The Morgan fingerprint density at radius 1 is 1.07 bits per heavy atom. The molecule has 1 aromatic rings. The number of benzene rings is 1. The zero-order valence-electron chi connectivity index (χ0n) is 18.9. The highest BCUT2D eigenvalue weighted by Crippen LogP contribution is 2.32. The molecule has 1 aromatic carbocycles. The van der Waals surface area contributed by atoms with E-state index in [-0.39, 0.29) is 18.2 Å². The van der Waals surface area contributed by atoms with Crippen LogP contribution >= 0.6 is 0 Å². The second kappa shape index (κ2) is 11.6. The van der Waals surface area contributed by atoms with Gasteiger partial charge in [0.05, 0.1) is 12.1 Å². The molecule has 164 valence electrons. The minimum Gasteiger partial charge on any atom is -0.444 e. The SMILES string of the molecule is CCCCCCCCC[C@@H]1C[C@H](O)[C@@H](Cc2ccccc2)N1C(=O)OC(C)(C)C. The van der Waals surface area contributed by atoms with Crippen molar-refractivity contribution in [3.63, 3.8) is 0 Å². The first-order chi connectivity index (χ1) is 13.8. The summed E-state index contributed by atoms with van der Waals surface area (Å²) in [6.07, 6.45) is 10.2. The number of hydrogen-bond donors (Lipinski definition) is 1. The van der Waals surface area contributed by atoms with Crippen LogP contribution < -0.4 is 0 Å². The molecule has 1 aliphatic heterocycles. The minimum atomic E-state index is -0.536. The molecule has 1 amide bonds. The first kappa shape index (κ1) is 23.7. The first-order valence-electron chi connectivity index (χ1n) is 11.5. The Kier molecular flexibility index (Phi) is 9.48. The van der Waals surface area contributed by atoms with Gasteiger partial charge in [-0.25, -0.2) is 4.79 Å². The van der Waals surface area contributed by atoms with Crippen molar-refractivity contribution in [2.75, 3.05) is 0 Å². The van der Waals surface area contributed by atoms with Crippen LogP contribution in [0.15, 0.2) is 30.3 Å². The van der Waals surface area contributed by atoms with Gasteiger partial charge in [-0.2, -0.15) is 0 Å². The van der Waals surface area contributed by atoms with Crippen molar-refractivity contribution in [3.05, 3.63) is 35.9 Å². The fraction of sp³-hybridized carbons (Fsp3) is 0.720. The molecule has 29 heavy (non-hydrogen) atoms. The average molecular weight is 404 g/mol. The molecule has 0 spiro atoms. The maximum atomic E-state index is 13.0. The van der Waals surface area contributed by atoms with Gasteiger partial charge in [-0.05, 0) is 45.6 Å². The summed E-state index contributed by atoms with van der Waals surface area (Å²) in [6.45, 7) is 7.93. The third-order valence-corrected chi connectivity index (χ3v) is 5.74. The third-order valence-electron chi connectivity index (χ3n) is 5.74. The van der Waals surface area contributed by atoms with Gasteiger partial charge >= 0.3 is 6.09 Å². The number of nitrogens with zero attached hydrogens (tertiary/aromatic N) is 1. The molecule has 2 rings (SSSR count). The monoisotopic (exact) mass is 403 g/mol. The number of unbranched alkanes of at least 4 members (excludes halogenated alkanes) is 6. The van der Waals surface area contributed by atoms with Gasteiger partial charge in [-0.1, -0.05) is 82.2 Å². The van der Waals surface area contributed by atoms with Crippen LogP contribution in [0.1, 0.15) is 91.0 Å². The average Bonchev–Trinajstić information content (AvgIpc) is 2.96. The number of rotatable bonds is 10. The summed E-state index contributed by atoms with van der Waals surface area (Å²) in [5, 5.41) is 10.8. The van der Waals surface area contributed by atoms with Crippen LogP contribution in [-0.2, 0) is 11.2 Å². The van der Waals surface area contributed by atoms with E-state index in [4.69, 9.17) is 4.74 Å². The zero-order valence-corrected chi connectivity index (χ0v) is 18.9. The van der Waals surface area contributed by atoms with Crippen molar-refractivity contribution in [1.82, 2.24) is 4.90 Å². The van der Waals surface area contributed by atoms with Gasteiger partial charge in [-0.3, -0.25) is 4.90 Å². The minimum absolute atomic E-state index is 0.0594. The molecule has 4 heteroatoms. The van der Waals surface area contributed by atoms with E-state index in [1.165, 1.54) is 38.5 Å². The molecule has 1 N–H and O–H groups in total. The highest BCUT2D eigenvalue weighted by molar-refractivity contribution is 5.69. The number of likely N-dealkylation sites (tertiary alicyclic amines) is 1. The lowest BCUT2D eigenvalue weighted by Crippen LogP contribution is -2.46. The number of amides is 1. The fourth-order valence-corrected chi connectivity index (χ4v) is 4.29. The van der Waals surface area contributed by atoms with Gasteiger partial charge in [0.15, 0.2) is 0 Å². The van der Waals surface area contributed by atoms with Crippen molar-refractivity contribution in [3.8, 4) is 0 Å². The molecule has 4 nitrogen and oxygen atoms in total. The van der Waals surface area contributed by atoms with E-state index in [0.717, 1.165) is 18.4 Å². The summed E-state index contributed by atoms with van der Waals surface area (Å²) in [4.78, 5) is 14.9. The van der Waals surface area contributed by atoms with E-state index >= 15 is 0 Å². The second-order valence-corrected chi connectivity index (χ2v) is 9.51. The van der Waals surface area contributed by atoms with Crippen LogP contribution in [0.2, 0.25) is 0 Å². The van der Waals surface area contributed by atoms with Gasteiger partial charge in [0, 0.05) is 6.04 Å². The topological polar surface area (TPSA) is 49.8 Å². The van der Waals surface area contributed by atoms with E-state index in [1.54, 1.807) is 0 Å². The first-order valence-corrected chi connectivity index (χ1v) is 11.5. The van der Waals surface area contributed by atoms with Gasteiger partial charge in [0.2, 0.25) is 0 Å². The molecule has 0 saturated carbocycles. The van der Waals surface area contributed by atoms with Gasteiger partial charge in [0.25, 0.3) is 0 Å². The Hall–Kier alpha value is -1.55. The van der Waals surface area contributed by atoms with Crippen molar-refractivity contribution in [2.24, 2.45) is 0 Å². The highest BCUT2D eigenvalue weighted by Gasteiger charge is 2.44. The standard InChI is InChI=1S/C25H41NO3/c1-5-6-7-8-9-10-14-17-21-19-23(27)22(18-20-15-12-11-13-16-20)26(21)24(28)29-25(2,3)4/h11-13,15-16,21-23,27H,5-10,14,17-19H2,1-4H3/t21-,22-,23+/m1/s1. The van der Waals surface area contributed by atoms with Crippen LogP contribution in [0.5, 0.6) is 0 Å². The normalized spacial score (nSPS) is 22.1. The van der Waals surface area contributed by atoms with Crippen molar-refractivity contribution in [1.29, 1.82) is 0 Å². The van der Waals surface area contributed by atoms with Crippen LogP contribution in [0.3, 0.4) is 0 Å². The summed E-state index contributed by atoms with van der Waals surface area (Å²) in [5.74, 6) is 0. The molecule has 0 radical (unpaired) electrons. The van der Waals surface area contributed by atoms with Crippen LogP contribution in [0, 0.1) is 0 Å². The van der Waals surface area contributed by atoms with Crippen molar-refractivity contribution >= 4 is 6.09 Å². The molecule has 0 unspecified atom stereocenters. The number of hydrogen-bond acceptors (Lipinski definition) is 3. The van der Waals surface area contributed by atoms with Crippen molar-refractivity contribution < 1.29 is 14.6 Å². The summed E-state index contributed by atoms with van der Waals surface area (Å²) in [5.41, 5.74) is 0.604.